The lowest BCUT2D eigenvalue weighted by Gasteiger charge is -2.36. The van der Waals surface area contributed by atoms with Gasteiger partial charge in [-0.2, -0.15) is 13.2 Å². The summed E-state index contributed by atoms with van der Waals surface area (Å²) in [6.45, 7) is 0. The zero-order chi connectivity index (χ0) is 27.8. The molecule has 0 fully saturated rings. The van der Waals surface area contributed by atoms with E-state index in [0.717, 1.165) is 26.4 Å². The number of benzene rings is 3. The van der Waals surface area contributed by atoms with E-state index in [9.17, 15) is 22.8 Å². The van der Waals surface area contributed by atoms with Gasteiger partial charge in [0, 0.05) is 18.4 Å². The Balaban J connectivity index is 2.05. The van der Waals surface area contributed by atoms with Crippen LogP contribution in [0.2, 0.25) is 0 Å². The fraction of sp³-hybridized carbons (Fsp3) is 0.286. The molecule has 7 nitrogen and oxygen atoms in total. The molecule has 0 saturated heterocycles. The molecule has 38 heavy (non-hydrogen) atoms. The number of halogens is 3. The average Bonchev–Trinajstić information content (AvgIpc) is 2.92. The highest BCUT2D eigenvalue weighted by Crippen LogP contribution is 2.42. The molecule has 0 aliphatic carbocycles. The quantitative estimate of drug-likeness (QED) is 0.356. The van der Waals surface area contributed by atoms with Gasteiger partial charge in [0.15, 0.2) is 0 Å². The first kappa shape index (κ1) is 28.5. The Morgan fingerprint density at radius 1 is 0.842 bits per heavy atom. The van der Waals surface area contributed by atoms with E-state index in [-0.39, 0.29) is 6.42 Å². The summed E-state index contributed by atoms with van der Waals surface area (Å²) < 4.78 is 58.6. The number of carbonyl (C=O) groups excluding carboxylic acids is 2. The standard InChI is InChI=1S/C28H29F3N2O5/c1-36-22-16-14-21(15-17-22)32-24(25(34)37-2)23(18-19-10-6-4-7-11-19)33-26(35)27(38-3,28(29,30)31)20-12-8-5-9-13-20/h4-17,23-24,32H,18H2,1-3H3,(H,33,35)/t23-,24+,27+/m0/s1. The largest absolute Gasteiger partial charge is 0.497 e. The third kappa shape index (κ3) is 6.25. The van der Waals surface area contributed by atoms with E-state index in [4.69, 9.17) is 14.2 Å². The monoisotopic (exact) mass is 530 g/mol. The number of hydrogen-bond donors (Lipinski definition) is 2. The molecule has 3 aromatic rings. The Labute approximate surface area is 218 Å². The number of ether oxygens (including phenoxy) is 3. The van der Waals surface area contributed by atoms with Gasteiger partial charge < -0.3 is 24.8 Å². The van der Waals surface area contributed by atoms with Crippen LogP contribution in [0.15, 0.2) is 84.9 Å². The maximum Gasteiger partial charge on any atom is 0.430 e. The maximum atomic E-state index is 14.5. The molecule has 202 valence electrons. The first-order valence-electron chi connectivity index (χ1n) is 11.7. The number of methoxy groups -OCH3 is 3. The van der Waals surface area contributed by atoms with Crippen LogP contribution in [0.5, 0.6) is 5.75 Å². The van der Waals surface area contributed by atoms with Gasteiger partial charge in [0.2, 0.25) is 0 Å². The van der Waals surface area contributed by atoms with Crippen LogP contribution >= 0.6 is 0 Å². The Morgan fingerprint density at radius 2 is 1.42 bits per heavy atom. The smallest absolute Gasteiger partial charge is 0.430 e. The molecule has 2 N–H and O–H groups in total. The number of nitrogens with one attached hydrogen (secondary N) is 2. The minimum atomic E-state index is -5.12. The van der Waals surface area contributed by atoms with Gasteiger partial charge in [-0.1, -0.05) is 60.7 Å². The second kappa shape index (κ2) is 12.5. The SMILES string of the molecule is COC(=O)[C@H](Nc1ccc(OC)cc1)[C@H](Cc1ccccc1)NC(=O)[C@](OC)(c1ccccc1)C(F)(F)F. The first-order chi connectivity index (χ1) is 18.2. The lowest BCUT2D eigenvalue weighted by molar-refractivity contribution is -0.266. The number of carbonyl (C=O) groups is 2. The topological polar surface area (TPSA) is 85.9 Å². The van der Waals surface area contributed by atoms with Crippen LogP contribution in [-0.2, 0) is 31.1 Å². The molecule has 3 aromatic carbocycles. The summed E-state index contributed by atoms with van der Waals surface area (Å²) in [4.78, 5) is 26.5. The van der Waals surface area contributed by atoms with Crippen molar-refractivity contribution in [2.75, 3.05) is 26.6 Å². The molecular weight excluding hydrogens is 501 g/mol. The van der Waals surface area contributed by atoms with Crippen LogP contribution in [0.25, 0.3) is 0 Å². The van der Waals surface area contributed by atoms with Crippen molar-refractivity contribution >= 4 is 17.6 Å². The minimum absolute atomic E-state index is 0.0158. The third-order valence-corrected chi connectivity index (χ3v) is 6.09. The molecule has 3 atom stereocenters. The molecular formula is C28H29F3N2O5. The molecule has 0 unspecified atom stereocenters. The highest BCUT2D eigenvalue weighted by atomic mass is 19.4. The first-order valence-corrected chi connectivity index (χ1v) is 11.7. The van der Waals surface area contributed by atoms with Gasteiger partial charge in [-0.25, -0.2) is 4.79 Å². The molecule has 0 aromatic heterocycles. The molecule has 0 heterocycles. The lowest BCUT2D eigenvalue weighted by atomic mass is 9.90. The van der Waals surface area contributed by atoms with E-state index in [2.05, 4.69) is 10.6 Å². The van der Waals surface area contributed by atoms with Crippen molar-refractivity contribution in [3.8, 4) is 5.75 Å². The van der Waals surface area contributed by atoms with Crippen LogP contribution in [0.3, 0.4) is 0 Å². The zero-order valence-electron chi connectivity index (χ0n) is 21.1. The number of esters is 1. The Morgan fingerprint density at radius 3 is 1.92 bits per heavy atom. The summed E-state index contributed by atoms with van der Waals surface area (Å²) in [5.74, 6) is -1.68. The van der Waals surface area contributed by atoms with E-state index in [1.165, 1.54) is 25.3 Å². The number of hydrogen-bond acceptors (Lipinski definition) is 6. The van der Waals surface area contributed by atoms with E-state index < -0.39 is 41.3 Å². The number of rotatable bonds is 11. The molecule has 0 aliphatic heterocycles. The van der Waals surface area contributed by atoms with Gasteiger partial charge in [0.1, 0.15) is 11.8 Å². The van der Waals surface area contributed by atoms with Crippen molar-refractivity contribution in [3.05, 3.63) is 96.1 Å². The third-order valence-electron chi connectivity index (χ3n) is 6.09. The van der Waals surface area contributed by atoms with Gasteiger partial charge in [-0.3, -0.25) is 4.79 Å². The van der Waals surface area contributed by atoms with Crippen molar-refractivity contribution in [2.24, 2.45) is 0 Å². The summed E-state index contributed by atoms with van der Waals surface area (Å²) in [6, 6.07) is 19.5. The van der Waals surface area contributed by atoms with Crippen LogP contribution in [-0.4, -0.2) is 51.5 Å². The van der Waals surface area contributed by atoms with E-state index >= 15 is 0 Å². The van der Waals surface area contributed by atoms with Gasteiger partial charge in [-0.05, 0) is 36.2 Å². The number of anilines is 1. The van der Waals surface area contributed by atoms with Crippen LogP contribution in [0.4, 0.5) is 18.9 Å². The molecule has 0 spiro atoms. The van der Waals surface area contributed by atoms with Crippen LogP contribution in [0.1, 0.15) is 11.1 Å². The van der Waals surface area contributed by atoms with Crippen LogP contribution in [0, 0.1) is 0 Å². The van der Waals surface area contributed by atoms with Crippen molar-refractivity contribution in [1.82, 2.24) is 5.32 Å². The summed E-state index contributed by atoms with van der Waals surface area (Å²) in [5, 5.41) is 5.44. The Hall–Kier alpha value is -4.05. The fourth-order valence-corrected chi connectivity index (χ4v) is 4.13. The molecule has 0 bridgehead atoms. The molecule has 1 amide bonds. The highest BCUT2D eigenvalue weighted by Gasteiger charge is 2.63. The van der Waals surface area contributed by atoms with Crippen molar-refractivity contribution in [2.45, 2.75) is 30.3 Å². The number of alkyl halides is 3. The van der Waals surface area contributed by atoms with Crippen molar-refractivity contribution < 1.29 is 37.0 Å². The van der Waals surface area contributed by atoms with E-state index in [0.29, 0.717) is 17.0 Å². The van der Waals surface area contributed by atoms with E-state index in [1.807, 2.05) is 0 Å². The second-order valence-corrected chi connectivity index (χ2v) is 8.39. The molecule has 0 radical (unpaired) electrons. The summed E-state index contributed by atoms with van der Waals surface area (Å²) in [5.41, 5.74) is -2.57. The normalized spacial score (nSPS) is 14.5. The average molecular weight is 531 g/mol. The van der Waals surface area contributed by atoms with Crippen molar-refractivity contribution in [1.29, 1.82) is 0 Å². The summed E-state index contributed by atoms with van der Waals surface area (Å²) >= 11 is 0. The Bertz CT molecular complexity index is 1190. The van der Waals surface area contributed by atoms with E-state index in [1.54, 1.807) is 54.6 Å². The minimum Gasteiger partial charge on any atom is -0.497 e. The van der Waals surface area contributed by atoms with Gasteiger partial charge in [-0.15, -0.1) is 0 Å². The predicted molar refractivity (Wildman–Crippen MR) is 136 cm³/mol. The second-order valence-electron chi connectivity index (χ2n) is 8.39. The molecule has 10 heteroatoms. The lowest BCUT2D eigenvalue weighted by Crippen LogP contribution is -2.61. The van der Waals surface area contributed by atoms with Gasteiger partial charge >= 0.3 is 12.1 Å². The van der Waals surface area contributed by atoms with Gasteiger partial charge in [0.05, 0.1) is 20.3 Å². The highest BCUT2D eigenvalue weighted by molar-refractivity contribution is 5.89. The fourth-order valence-electron chi connectivity index (χ4n) is 4.13. The summed E-state index contributed by atoms with van der Waals surface area (Å²) in [7, 11) is 3.48. The van der Waals surface area contributed by atoms with Crippen molar-refractivity contribution in [3.63, 3.8) is 0 Å². The summed E-state index contributed by atoms with van der Waals surface area (Å²) in [6.07, 6.45) is -5.10. The molecule has 3 rings (SSSR count). The number of amides is 1. The zero-order valence-corrected chi connectivity index (χ0v) is 21.1. The molecule has 0 saturated carbocycles. The van der Waals surface area contributed by atoms with Gasteiger partial charge in [0.25, 0.3) is 11.5 Å². The molecule has 0 aliphatic rings. The maximum absolute atomic E-state index is 14.5. The predicted octanol–water partition coefficient (Wildman–Crippen LogP) is 4.48. The Kier molecular flexibility index (Phi) is 9.35. The van der Waals surface area contributed by atoms with Crippen LogP contribution < -0.4 is 15.4 Å².